The lowest BCUT2D eigenvalue weighted by atomic mass is 10.3. The van der Waals surface area contributed by atoms with E-state index < -0.39 is 0 Å². The summed E-state index contributed by atoms with van der Waals surface area (Å²) in [5.41, 5.74) is 4.59. The van der Waals surface area contributed by atoms with Crippen LogP contribution < -0.4 is 27.1 Å². The Morgan fingerprint density at radius 1 is 1.31 bits per heavy atom. The van der Waals surface area contributed by atoms with Crippen molar-refractivity contribution in [2.24, 2.45) is 5.92 Å². The van der Waals surface area contributed by atoms with E-state index >= 15 is 0 Å². The fraction of sp³-hybridized carbons (Fsp3) is 0.421. The molecule has 2 aliphatic rings. The summed E-state index contributed by atoms with van der Waals surface area (Å²) in [5.74, 6) is 2.36. The maximum atomic E-state index is 11.5. The molecule has 1 saturated carbocycles. The van der Waals surface area contributed by atoms with Crippen LogP contribution >= 0.6 is 0 Å². The molecule has 1 saturated heterocycles. The van der Waals surface area contributed by atoms with E-state index in [1.807, 2.05) is 12.1 Å². The van der Waals surface area contributed by atoms with Crippen molar-refractivity contribution >= 4 is 29.9 Å². The van der Waals surface area contributed by atoms with E-state index in [0.29, 0.717) is 29.6 Å². The third-order valence-corrected chi connectivity index (χ3v) is 5.19. The fourth-order valence-corrected chi connectivity index (χ4v) is 3.38. The first-order valence-electron chi connectivity index (χ1n) is 9.87. The van der Waals surface area contributed by atoms with Crippen molar-refractivity contribution in [2.75, 3.05) is 43.6 Å². The predicted molar refractivity (Wildman–Crippen MR) is 110 cm³/mol. The number of rotatable bonds is 6. The number of hydrogen-bond acceptors (Lipinski definition) is 7. The number of nitrogens with one attached hydrogen (secondary N) is 4. The molecule has 5 rings (SSSR count). The van der Waals surface area contributed by atoms with Crippen LogP contribution in [0.2, 0.25) is 0 Å². The molecular weight excluding hydrogens is 372 g/mol. The zero-order valence-electron chi connectivity index (χ0n) is 16.1. The largest absolute Gasteiger partial charge is 0.379 e. The minimum atomic E-state index is -0.285. The van der Waals surface area contributed by atoms with E-state index in [-0.39, 0.29) is 5.69 Å². The summed E-state index contributed by atoms with van der Waals surface area (Å²) in [4.78, 5) is 21.7. The number of anilines is 2. The number of H-pyrrole nitrogens is 2. The number of morpholine rings is 1. The molecule has 0 amide bonds. The number of nitrogens with zero attached hydrogens (tertiary/aromatic N) is 4. The van der Waals surface area contributed by atoms with Crippen molar-refractivity contribution in [3.8, 4) is 0 Å². The molecule has 0 bridgehead atoms. The number of hydrogen-bond donors (Lipinski definition) is 4. The maximum Gasteiger partial charge on any atom is 0.323 e. The molecule has 0 radical (unpaired) electrons. The van der Waals surface area contributed by atoms with E-state index in [4.69, 9.17) is 9.72 Å². The van der Waals surface area contributed by atoms with Crippen LogP contribution in [0.3, 0.4) is 0 Å². The number of ether oxygens (including phenoxy) is 1. The van der Waals surface area contributed by atoms with Gasteiger partial charge in [-0.15, -0.1) is 0 Å². The number of fused-ring (bicyclic) bond motifs is 1. The van der Waals surface area contributed by atoms with Crippen LogP contribution in [0.15, 0.2) is 17.1 Å². The monoisotopic (exact) mass is 396 g/mol. The van der Waals surface area contributed by atoms with E-state index in [2.05, 4.69) is 37.4 Å². The highest BCUT2D eigenvalue weighted by Gasteiger charge is 2.22. The molecule has 2 fully saturated rings. The van der Waals surface area contributed by atoms with Gasteiger partial charge in [-0.25, -0.2) is 14.8 Å². The molecule has 3 aromatic heterocycles. The molecular formula is C19H24N8O2. The van der Waals surface area contributed by atoms with Crippen LogP contribution in [-0.4, -0.2) is 62.4 Å². The first kappa shape index (κ1) is 18.0. The van der Waals surface area contributed by atoms with Gasteiger partial charge in [0.15, 0.2) is 5.65 Å². The SMILES string of the molecule is C=c1[nH]c(=O)[nH]/c1=C\c1cnn2c(NCC3CC3)cc(NN3CCOCC3)nc12. The summed E-state index contributed by atoms with van der Waals surface area (Å²) in [5, 5.41) is 11.3. The lowest BCUT2D eigenvalue weighted by Crippen LogP contribution is -2.40. The third-order valence-electron chi connectivity index (χ3n) is 5.19. The zero-order valence-corrected chi connectivity index (χ0v) is 16.1. The Morgan fingerprint density at radius 2 is 2.14 bits per heavy atom. The van der Waals surface area contributed by atoms with Crippen LogP contribution in [0, 0.1) is 5.92 Å². The molecule has 0 unspecified atom stereocenters. The first-order chi connectivity index (χ1) is 14.2. The normalized spacial score (nSPS) is 18.4. The minimum absolute atomic E-state index is 0.285. The van der Waals surface area contributed by atoms with E-state index in [0.717, 1.165) is 42.8 Å². The number of hydrazine groups is 1. The summed E-state index contributed by atoms with van der Waals surface area (Å²) >= 11 is 0. The van der Waals surface area contributed by atoms with Gasteiger partial charge in [-0.3, -0.25) is 0 Å². The molecule has 10 heteroatoms. The molecule has 3 aromatic rings. The summed E-state index contributed by atoms with van der Waals surface area (Å²) in [7, 11) is 0. The van der Waals surface area contributed by atoms with Gasteiger partial charge in [0.25, 0.3) is 0 Å². The second-order valence-electron chi connectivity index (χ2n) is 7.51. The Kier molecular flexibility index (Phi) is 4.57. The van der Waals surface area contributed by atoms with Crippen LogP contribution in [0.25, 0.3) is 18.3 Å². The highest BCUT2D eigenvalue weighted by atomic mass is 16.5. The van der Waals surface area contributed by atoms with E-state index in [9.17, 15) is 4.79 Å². The molecule has 29 heavy (non-hydrogen) atoms. The van der Waals surface area contributed by atoms with Crippen LogP contribution in [0.4, 0.5) is 11.6 Å². The van der Waals surface area contributed by atoms with Crippen molar-refractivity contribution in [1.82, 2.24) is 29.6 Å². The van der Waals surface area contributed by atoms with Crippen molar-refractivity contribution in [3.63, 3.8) is 0 Å². The lowest BCUT2D eigenvalue weighted by Gasteiger charge is -2.27. The first-order valence-corrected chi connectivity index (χ1v) is 9.87. The molecule has 1 aliphatic heterocycles. The predicted octanol–water partition coefficient (Wildman–Crippen LogP) is -0.534. The number of aromatic amines is 2. The topological polar surface area (TPSA) is 115 Å². The summed E-state index contributed by atoms with van der Waals surface area (Å²) in [6.07, 6.45) is 6.11. The molecule has 1 aliphatic carbocycles. The summed E-state index contributed by atoms with van der Waals surface area (Å²) < 4.78 is 7.22. The maximum absolute atomic E-state index is 11.5. The summed E-state index contributed by atoms with van der Waals surface area (Å²) in [6, 6.07) is 1.98. The van der Waals surface area contributed by atoms with Gasteiger partial charge >= 0.3 is 5.69 Å². The van der Waals surface area contributed by atoms with Crippen molar-refractivity contribution in [3.05, 3.63) is 39.0 Å². The van der Waals surface area contributed by atoms with Crippen molar-refractivity contribution < 1.29 is 4.74 Å². The van der Waals surface area contributed by atoms with Crippen LogP contribution in [0.5, 0.6) is 0 Å². The average molecular weight is 396 g/mol. The van der Waals surface area contributed by atoms with Crippen LogP contribution in [0.1, 0.15) is 18.4 Å². The second kappa shape index (κ2) is 7.37. The highest BCUT2D eigenvalue weighted by molar-refractivity contribution is 5.69. The number of aromatic nitrogens is 5. The Hall–Kier alpha value is -3.11. The minimum Gasteiger partial charge on any atom is -0.379 e. The quantitative estimate of drug-likeness (QED) is 0.443. The third kappa shape index (κ3) is 3.89. The van der Waals surface area contributed by atoms with Gasteiger partial charge in [0.2, 0.25) is 0 Å². The Balaban J connectivity index is 1.55. The van der Waals surface area contributed by atoms with Crippen molar-refractivity contribution in [2.45, 2.75) is 12.8 Å². The lowest BCUT2D eigenvalue weighted by molar-refractivity contribution is 0.0495. The molecule has 4 N–H and O–H groups in total. The molecule has 0 atom stereocenters. The van der Waals surface area contributed by atoms with E-state index in [1.54, 1.807) is 10.7 Å². The van der Waals surface area contributed by atoms with Gasteiger partial charge in [0, 0.05) is 31.3 Å². The average Bonchev–Trinajstić information content (AvgIpc) is 3.38. The second-order valence-corrected chi connectivity index (χ2v) is 7.51. The fourth-order valence-electron chi connectivity index (χ4n) is 3.38. The van der Waals surface area contributed by atoms with Gasteiger partial charge in [-0.1, -0.05) is 6.58 Å². The molecule has 4 heterocycles. The molecule has 0 spiro atoms. The molecule has 0 aromatic carbocycles. The van der Waals surface area contributed by atoms with Gasteiger partial charge in [0.1, 0.15) is 11.6 Å². The number of imidazole rings is 1. The zero-order chi connectivity index (χ0) is 19.8. The van der Waals surface area contributed by atoms with Gasteiger partial charge in [0.05, 0.1) is 30.1 Å². The van der Waals surface area contributed by atoms with Crippen molar-refractivity contribution in [1.29, 1.82) is 0 Å². The van der Waals surface area contributed by atoms with E-state index in [1.165, 1.54) is 12.8 Å². The van der Waals surface area contributed by atoms with Gasteiger partial charge in [-0.2, -0.15) is 9.61 Å². The summed E-state index contributed by atoms with van der Waals surface area (Å²) in [6.45, 7) is 7.77. The molecule has 152 valence electrons. The molecule has 10 nitrogen and oxygen atoms in total. The van der Waals surface area contributed by atoms with Gasteiger partial charge in [-0.05, 0) is 24.8 Å². The van der Waals surface area contributed by atoms with Crippen LogP contribution in [-0.2, 0) is 4.74 Å². The standard InChI is InChI=1S/C19H24N8O2/c1-12-15(23-19(28)22-12)8-14-11-21-27-17(20-10-13-2-3-13)9-16(24-18(14)27)25-26-4-6-29-7-5-26/h8-9,11,13,20H,1-7,10H2,(H,24,25)(H2,22,23,28)/b15-8-. The Labute approximate surface area is 166 Å². The highest BCUT2D eigenvalue weighted by Crippen LogP contribution is 2.29. The Morgan fingerprint density at radius 3 is 2.86 bits per heavy atom. The smallest absolute Gasteiger partial charge is 0.323 e. The Bertz CT molecular complexity index is 1180. The van der Waals surface area contributed by atoms with Gasteiger partial charge < -0.3 is 25.4 Å².